The van der Waals surface area contributed by atoms with E-state index in [4.69, 9.17) is 14.6 Å². The molecule has 54 heavy (non-hydrogen) atoms. The van der Waals surface area contributed by atoms with Crippen LogP contribution in [0, 0.1) is 6.92 Å². The Balaban J connectivity index is 1.18. The van der Waals surface area contributed by atoms with E-state index in [1.54, 1.807) is 54.4 Å². The zero-order valence-electron chi connectivity index (χ0n) is 31.1. The second-order valence-corrected chi connectivity index (χ2v) is 13.0. The Kier molecular flexibility index (Phi) is 12.0. The number of anilines is 4. The van der Waals surface area contributed by atoms with Crippen LogP contribution in [0.2, 0.25) is 0 Å². The zero-order valence-corrected chi connectivity index (χ0v) is 31.1. The van der Waals surface area contributed by atoms with Crippen molar-refractivity contribution in [3.8, 4) is 23.1 Å². The maximum atomic E-state index is 13.5. The van der Waals surface area contributed by atoms with E-state index < -0.39 is 6.03 Å². The Labute approximate surface area is 314 Å². The van der Waals surface area contributed by atoms with Gasteiger partial charge < -0.3 is 30.3 Å². The zero-order chi connectivity index (χ0) is 38.0. The summed E-state index contributed by atoms with van der Waals surface area (Å²) in [6.07, 6.45) is 4.45. The van der Waals surface area contributed by atoms with Crippen molar-refractivity contribution in [1.82, 2.24) is 30.0 Å². The summed E-state index contributed by atoms with van der Waals surface area (Å²) in [5, 5.41) is 18.4. The third kappa shape index (κ3) is 9.30. The normalized spacial score (nSPS) is 11.0. The number of nitrogens with zero attached hydrogens (tertiary/aromatic N) is 5. The lowest BCUT2D eigenvalue weighted by atomic mass is 10.1. The molecule has 13 nitrogen and oxygen atoms in total. The quantitative estimate of drug-likeness (QED) is 0.0828. The van der Waals surface area contributed by atoms with Gasteiger partial charge in [-0.2, -0.15) is 10.1 Å². The van der Waals surface area contributed by atoms with Crippen LogP contribution in [-0.2, 0) is 6.42 Å². The highest BCUT2D eigenvalue weighted by Gasteiger charge is 2.16. The molecule has 13 heteroatoms. The van der Waals surface area contributed by atoms with Gasteiger partial charge in [0.05, 0.1) is 29.9 Å². The smallest absolute Gasteiger partial charge is 0.324 e. The predicted octanol–water partition coefficient (Wildman–Crippen LogP) is 7.95. The fraction of sp³-hybridized carbons (Fsp3) is 0.244. The molecule has 4 aromatic carbocycles. The maximum Gasteiger partial charge on any atom is 0.324 e. The molecule has 0 aliphatic carbocycles. The molecule has 0 unspecified atom stereocenters. The number of carbonyl (C=O) groups excluding carboxylic acids is 2. The molecule has 0 radical (unpaired) electrons. The summed E-state index contributed by atoms with van der Waals surface area (Å²) < 4.78 is 13.6. The number of ether oxygens (including phenoxy) is 2. The average molecular weight is 728 g/mol. The molecule has 6 aromatic rings. The number of nitrogens with one attached hydrogen (secondary N) is 4. The molecule has 0 spiro atoms. The van der Waals surface area contributed by atoms with Crippen molar-refractivity contribution in [2.75, 3.05) is 50.2 Å². The number of rotatable bonds is 15. The summed E-state index contributed by atoms with van der Waals surface area (Å²) in [6, 6.07) is 27.5. The van der Waals surface area contributed by atoms with E-state index in [0.717, 1.165) is 53.5 Å². The number of methoxy groups -OCH3 is 1. The molecule has 0 atom stereocenters. The van der Waals surface area contributed by atoms with Crippen LogP contribution in [0.3, 0.4) is 0 Å². The predicted molar refractivity (Wildman–Crippen MR) is 213 cm³/mol. The number of aromatic nitrogens is 4. The van der Waals surface area contributed by atoms with Gasteiger partial charge in [-0.05, 0) is 76.3 Å². The van der Waals surface area contributed by atoms with Gasteiger partial charge in [-0.3, -0.25) is 10.1 Å². The van der Waals surface area contributed by atoms with E-state index in [1.165, 1.54) is 0 Å². The number of hydrogen-bond acceptors (Lipinski definition) is 9. The lowest BCUT2D eigenvalue weighted by Gasteiger charge is -2.15. The summed E-state index contributed by atoms with van der Waals surface area (Å²) in [6.45, 7) is 5.41. The van der Waals surface area contributed by atoms with Crippen LogP contribution in [-0.4, -0.2) is 70.9 Å². The number of unbranched alkanes of at least 4 members (excludes halogenated alkanes) is 1. The number of amides is 3. The third-order valence-corrected chi connectivity index (χ3v) is 8.60. The highest BCUT2D eigenvalue weighted by atomic mass is 16.5. The van der Waals surface area contributed by atoms with Crippen LogP contribution in [0.5, 0.6) is 17.4 Å². The van der Waals surface area contributed by atoms with Gasteiger partial charge in [0.25, 0.3) is 5.91 Å². The van der Waals surface area contributed by atoms with Crippen LogP contribution >= 0.6 is 0 Å². The molecular formula is C41H45N9O4. The lowest BCUT2D eigenvalue weighted by Crippen LogP contribution is -2.31. The molecule has 0 aliphatic heterocycles. The van der Waals surface area contributed by atoms with Crippen LogP contribution < -0.4 is 30.7 Å². The molecule has 278 valence electrons. The van der Waals surface area contributed by atoms with Gasteiger partial charge in [0, 0.05) is 47.8 Å². The highest BCUT2D eigenvalue weighted by molar-refractivity contribution is 6.07. The van der Waals surface area contributed by atoms with Gasteiger partial charge in [0.15, 0.2) is 0 Å². The Morgan fingerprint density at radius 1 is 0.870 bits per heavy atom. The topological polar surface area (TPSA) is 148 Å². The number of benzene rings is 4. The molecule has 0 saturated carbocycles. The Morgan fingerprint density at radius 2 is 1.65 bits per heavy atom. The minimum absolute atomic E-state index is 0.201. The average Bonchev–Trinajstić information content (AvgIpc) is 3.57. The first-order valence-electron chi connectivity index (χ1n) is 17.9. The van der Waals surface area contributed by atoms with Crippen molar-refractivity contribution < 1.29 is 19.1 Å². The standard InChI is InChI=1S/C41H45N9O4/c1-6-7-10-29-26-37(50(48-29)30-16-13-27(2)14-17-30)46-41(52)45-33-18-20-35(32-12-9-8-11-31(32)33)54-38-21-22-43-40(47-38)44-34-25-28(15-19-36(34)53-5)39(51)42-23-24-49(3)4/h8-9,11-22,25-26H,6-7,10,23-24H2,1-5H3,(H,42,51)(H,43,44,47)(H2,45,46,52). The second-order valence-electron chi connectivity index (χ2n) is 13.0. The summed E-state index contributed by atoms with van der Waals surface area (Å²) in [4.78, 5) is 37.2. The summed E-state index contributed by atoms with van der Waals surface area (Å²) in [7, 11) is 5.45. The van der Waals surface area contributed by atoms with E-state index in [0.29, 0.717) is 40.8 Å². The van der Waals surface area contributed by atoms with E-state index in [9.17, 15) is 9.59 Å². The maximum absolute atomic E-state index is 13.5. The molecule has 0 aliphatic rings. The van der Waals surface area contributed by atoms with Crippen molar-refractivity contribution in [1.29, 1.82) is 0 Å². The van der Waals surface area contributed by atoms with E-state index in [2.05, 4.69) is 38.2 Å². The Hall–Kier alpha value is -6.47. The van der Waals surface area contributed by atoms with Crippen LogP contribution in [0.1, 0.15) is 41.4 Å². The fourth-order valence-electron chi connectivity index (χ4n) is 5.76. The van der Waals surface area contributed by atoms with Gasteiger partial charge >= 0.3 is 6.03 Å². The monoisotopic (exact) mass is 727 g/mol. The van der Waals surface area contributed by atoms with Gasteiger partial charge in [-0.1, -0.05) is 55.3 Å². The first-order chi connectivity index (χ1) is 26.2. The Morgan fingerprint density at radius 3 is 2.41 bits per heavy atom. The molecule has 3 amide bonds. The Bertz CT molecular complexity index is 2230. The third-order valence-electron chi connectivity index (χ3n) is 8.60. The highest BCUT2D eigenvalue weighted by Crippen LogP contribution is 2.35. The minimum Gasteiger partial charge on any atom is -0.495 e. The molecule has 4 N–H and O–H groups in total. The minimum atomic E-state index is -0.402. The number of urea groups is 1. The van der Waals surface area contributed by atoms with E-state index in [-0.39, 0.29) is 17.7 Å². The fourth-order valence-corrected chi connectivity index (χ4v) is 5.76. The van der Waals surface area contributed by atoms with Crippen LogP contribution in [0.4, 0.5) is 27.9 Å². The van der Waals surface area contributed by atoms with Gasteiger partial charge in [0.1, 0.15) is 17.3 Å². The molecule has 2 aromatic heterocycles. The summed E-state index contributed by atoms with van der Waals surface area (Å²) in [5.74, 6) is 1.97. The lowest BCUT2D eigenvalue weighted by molar-refractivity contribution is 0.0951. The van der Waals surface area contributed by atoms with Crippen molar-refractivity contribution in [3.63, 3.8) is 0 Å². The number of hydrogen-bond donors (Lipinski definition) is 4. The van der Waals surface area contributed by atoms with Crippen molar-refractivity contribution in [2.24, 2.45) is 0 Å². The van der Waals surface area contributed by atoms with Gasteiger partial charge in [-0.15, -0.1) is 0 Å². The summed E-state index contributed by atoms with van der Waals surface area (Å²) in [5.41, 5.74) is 4.50. The largest absolute Gasteiger partial charge is 0.495 e. The van der Waals surface area contributed by atoms with Crippen molar-refractivity contribution in [3.05, 3.63) is 114 Å². The molecule has 0 bridgehead atoms. The van der Waals surface area contributed by atoms with E-state index >= 15 is 0 Å². The molecule has 0 saturated heterocycles. The van der Waals surface area contributed by atoms with Crippen molar-refractivity contribution >= 4 is 45.9 Å². The van der Waals surface area contributed by atoms with Gasteiger partial charge in [0.2, 0.25) is 11.8 Å². The number of likely N-dealkylation sites (N-methyl/N-ethyl adjacent to an activating group) is 1. The SMILES string of the molecule is CCCCc1cc(NC(=O)Nc2ccc(Oc3ccnc(Nc4cc(C(=O)NCCN(C)C)ccc4OC)n3)c3ccccc23)n(-c2ccc(C)cc2)n1. The summed E-state index contributed by atoms with van der Waals surface area (Å²) >= 11 is 0. The number of carbonyl (C=O) groups is 2. The van der Waals surface area contributed by atoms with Crippen LogP contribution in [0.15, 0.2) is 97.2 Å². The first kappa shape index (κ1) is 37.3. The number of fused-ring (bicyclic) bond motifs is 1. The van der Waals surface area contributed by atoms with Crippen LogP contribution in [0.25, 0.3) is 16.5 Å². The molecular weight excluding hydrogens is 683 g/mol. The number of aryl methyl sites for hydroxylation is 2. The van der Waals surface area contributed by atoms with Gasteiger partial charge in [-0.25, -0.2) is 14.5 Å². The molecule has 6 rings (SSSR count). The molecule has 0 fully saturated rings. The van der Waals surface area contributed by atoms with Crippen molar-refractivity contribution in [2.45, 2.75) is 33.1 Å². The van der Waals surface area contributed by atoms with E-state index in [1.807, 2.05) is 80.5 Å². The second kappa shape index (κ2) is 17.4. The molecule has 2 heterocycles. The first-order valence-corrected chi connectivity index (χ1v) is 17.9.